The fraction of sp³-hybridized carbons (Fsp3) is 0.409. The third kappa shape index (κ3) is 5.13. The van der Waals surface area contributed by atoms with Gasteiger partial charge in [0.1, 0.15) is 6.04 Å². The number of carbonyl (C=O) groups excluding carboxylic acids is 1. The van der Waals surface area contributed by atoms with E-state index in [1.807, 2.05) is 39.0 Å². The van der Waals surface area contributed by atoms with E-state index < -0.39 is 16.1 Å². The molecule has 0 bridgehead atoms. The van der Waals surface area contributed by atoms with Crippen LogP contribution in [0.15, 0.2) is 48.5 Å². The molecule has 6 heteroatoms. The van der Waals surface area contributed by atoms with E-state index in [0.717, 1.165) is 18.2 Å². The van der Waals surface area contributed by atoms with Gasteiger partial charge in [0.15, 0.2) is 0 Å². The fourth-order valence-corrected chi connectivity index (χ4v) is 4.52. The van der Waals surface area contributed by atoms with Crippen molar-refractivity contribution in [2.75, 3.05) is 10.6 Å². The van der Waals surface area contributed by atoms with Crippen LogP contribution in [0.5, 0.6) is 0 Å². The predicted molar refractivity (Wildman–Crippen MR) is 115 cm³/mol. The molecule has 0 aromatic heterocycles. The van der Waals surface area contributed by atoms with Crippen LogP contribution in [0.4, 0.5) is 5.69 Å². The lowest BCUT2D eigenvalue weighted by atomic mass is 9.99. The summed E-state index contributed by atoms with van der Waals surface area (Å²) >= 11 is 0. The molecule has 0 radical (unpaired) electrons. The van der Waals surface area contributed by atoms with Gasteiger partial charge in [-0.15, -0.1) is 0 Å². The van der Waals surface area contributed by atoms with Crippen LogP contribution >= 0.6 is 0 Å². The van der Waals surface area contributed by atoms with Gasteiger partial charge < -0.3 is 5.32 Å². The largest absolute Gasteiger partial charge is 0.347 e. The highest BCUT2D eigenvalue weighted by Gasteiger charge is 2.32. The van der Waals surface area contributed by atoms with Crippen molar-refractivity contribution in [3.8, 4) is 0 Å². The fourth-order valence-electron chi connectivity index (χ4n) is 3.31. The number of anilines is 1. The van der Waals surface area contributed by atoms with Crippen LogP contribution < -0.4 is 9.62 Å². The summed E-state index contributed by atoms with van der Waals surface area (Å²) in [6, 6.07) is 13.9. The second kappa shape index (κ2) is 9.24. The molecule has 0 unspecified atom stereocenters. The van der Waals surface area contributed by atoms with Crippen molar-refractivity contribution in [2.24, 2.45) is 0 Å². The molecule has 0 fully saturated rings. The number of aryl methyl sites for hydroxylation is 2. The van der Waals surface area contributed by atoms with Gasteiger partial charge in [0.25, 0.3) is 0 Å². The Labute approximate surface area is 168 Å². The van der Waals surface area contributed by atoms with E-state index in [1.54, 1.807) is 24.3 Å². The number of benzene rings is 2. The number of amides is 1. The Hall–Kier alpha value is -2.34. The van der Waals surface area contributed by atoms with Gasteiger partial charge in [-0.3, -0.25) is 9.10 Å². The first-order valence-electron chi connectivity index (χ1n) is 9.61. The highest BCUT2D eigenvalue weighted by Crippen LogP contribution is 2.24. The van der Waals surface area contributed by atoms with E-state index in [4.69, 9.17) is 0 Å². The maximum Gasteiger partial charge on any atom is 0.244 e. The van der Waals surface area contributed by atoms with E-state index in [9.17, 15) is 13.2 Å². The minimum absolute atomic E-state index is 0.168. The van der Waals surface area contributed by atoms with Crippen molar-refractivity contribution in [1.29, 1.82) is 0 Å². The third-order valence-electron chi connectivity index (χ3n) is 5.00. The molecule has 2 aromatic carbocycles. The van der Waals surface area contributed by atoms with E-state index in [2.05, 4.69) is 18.3 Å². The summed E-state index contributed by atoms with van der Waals surface area (Å²) < 4.78 is 26.2. The van der Waals surface area contributed by atoms with Crippen molar-refractivity contribution < 1.29 is 13.2 Å². The number of carbonyl (C=O) groups is 1. The molecule has 1 N–H and O–H groups in total. The molecule has 0 aliphatic carbocycles. The van der Waals surface area contributed by atoms with Crippen LogP contribution in [0, 0.1) is 13.8 Å². The van der Waals surface area contributed by atoms with Gasteiger partial charge in [-0.25, -0.2) is 8.42 Å². The van der Waals surface area contributed by atoms with Crippen molar-refractivity contribution >= 4 is 21.6 Å². The van der Waals surface area contributed by atoms with Gasteiger partial charge in [0.2, 0.25) is 15.9 Å². The Kier molecular flexibility index (Phi) is 7.24. The van der Waals surface area contributed by atoms with Gasteiger partial charge in [-0.2, -0.15) is 0 Å². The molecule has 152 valence electrons. The smallest absolute Gasteiger partial charge is 0.244 e. The zero-order chi connectivity index (χ0) is 20.9. The summed E-state index contributed by atoms with van der Waals surface area (Å²) in [7, 11) is -3.62. The van der Waals surface area contributed by atoms with Crippen molar-refractivity contribution in [1.82, 2.24) is 5.32 Å². The minimum Gasteiger partial charge on any atom is -0.347 e. The quantitative estimate of drug-likeness (QED) is 0.722. The molecule has 2 aromatic rings. The summed E-state index contributed by atoms with van der Waals surface area (Å²) in [5, 5.41) is 3.06. The lowest BCUT2D eigenvalue weighted by Crippen LogP contribution is -2.50. The topological polar surface area (TPSA) is 66.5 Å². The zero-order valence-corrected chi connectivity index (χ0v) is 18.1. The van der Waals surface area contributed by atoms with Crippen LogP contribution in [0.25, 0.3) is 0 Å². The predicted octanol–water partition coefficient (Wildman–Crippen LogP) is 4.12. The molecule has 0 aliphatic rings. The average Bonchev–Trinajstić information content (AvgIpc) is 2.65. The van der Waals surface area contributed by atoms with Crippen LogP contribution in [0.3, 0.4) is 0 Å². The second-order valence-corrected chi connectivity index (χ2v) is 8.99. The van der Waals surface area contributed by atoms with E-state index >= 15 is 0 Å². The maximum absolute atomic E-state index is 13.1. The van der Waals surface area contributed by atoms with Gasteiger partial charge in [0.05, 0.1) is 18.0 Å². The van der Waals surface area contributed by atoms with Crippen LogP contribution in [0.2, 0.25) is 0 Å². The Bertz CT molecular complexity index is 911. The highest BCUT2D eigenvalue weighted by atomic mass is 32.2. The first-order chi connectivity index (χ1) is 13.2. The van der Waals surface area contributed by atoms with Crippen molar-refractivity contribution in [3.63, 3.8) is 0 Å². The van der Waals surface area contributed by atoms with Crippen LogP contribution in [-0.2, 0) is 14.8 Å². The van der Waals surface area contributed by atoms with Gasteiger partial charge in [0, 0.05) is 0 Å². The first kappa shape index (κ1) is 22.0. The number of para-hydroxylation sites is 1. The number of nitrogens with one attached hydrogen (secondary N) is 1. The number of sulfonamides is 1. The Morgan fingerprint density at radius 3 is 2.14 bits per heavy atom. The third-order valence-corrected chi connectivity index (χ3v) is 6.18. The Balaban J connectivity index is 2.33. The molecule has 0 saturated heterocycles. The standard InChI is InChI=1S/C22H30N2O3S/c1-6-20(18-14-13-16(3)17(4)15-18)23-22(25)21(7-2)24(28(5,26)27)19-11-9-8-10-12-19/h8-15,20-21H,6-7H2,1-5H3,(H,23,25)/t20-,21-/m0/s1. The number of rotatable bonds is 8. The van der Waals surface area contributed by atoms with Crippen LogP contribution in [-0.4, -0.2) is 26.6 Å². The molecule has 2 atom stereocenters. The molecule has 28 heavy (non-hydrogen) atoms. The molecule has 0 heterocycles. The molecular formula is C22H30N2O3S. The monoisotopic (exact) mass is 402 g/mol. The molecule has 5 nitrogen and oxygen atoms in total. The summed E-state index contributed by atoms with van der Waals surface area (Å²) in [6.45, 7) is 7.92. The molecule has 0 aliphatic heterocycles. The highest BCUT2D eigenvalue weighted by molar-refractivity contribution is 7.92. The lowest BCUT2D eigenvalue weighted by molar-refractivity contribution is -0.123. The minimum atomic E-state index is -3.62. The van der Waals surface area contributed by atoms with E-state index in [-0.39, 0.29) is 11.9 Å². The summed E-state index contributed by atoms with van der Waals surface area (Å²) in [6.07, 6.45) is 2.22. The van der Waals surface area contributed by atoms with Crippen molar-refractivity contribution in [2.45, 2.75) is 52.6 Å². The number of nitrogens with zero attached hydrogens (tertiary/aromatic N) is 1. The molecule has 0 saturated carbocycles. The molecular weight excluding hydrogens is 372 g/mol. The normalized spacial score (nSPS) is 13.6. The number of hydrogen-bond donors (Lipinski definition) is 1. The molecule has 2 rings (SSSR count). The summed E-state index contributed by atoms with van der Waals surface area (Å²) in [5.74, 6) is -0.290. The van der Waals surface area contributed by atoms with Crippen LogP contribution in [0.1, 0.15) is 49.4 Å². The van der Waals surface area contributed by atoms with Gasteiger partial charge >= 0.3 is 0 Å². The Morgan fingerprint density at radius 1 is 1.00 bits per heavy atom. The van der Waals surface area contributed by atoms with Gasteiger partial charge in [-0.05, 0) is 55.5 Å². The SMILES string of the molecule is CC[C@H](NC(=O)[C@H](CC)N(c1ccccc1)S(C)(=O)=O)c1ccc(C)c(C)c1. The molecule has 0 spiro atoms. The zero-order valence-electron chi connectivity index (χ0n) is 17.3. The Morgan fingerprint density at radius 2 is 1.64 bits per heavy atom. The maximum atomic E-state index is 13.1. The average molecular weight is 403 g/mol. The van der Waals surface area contributed by atoms with E-state index in [0.29, 0.717) is 12.1 Å². The lowest BCUT2D eigenvalue weighted by Gasteiger charge is -2.31. The summed E-state index contributed by atoms with van der Waals surface area (Å²) in [4.78, 5) is 13.1. The molecule has 1 amide bonds. The van der Waals surface area contributed by atoms with Crippen molar-refractivity contribution in [3.05, 3.63) is 65.2 Å². The first-order valence-corrected chi connectivity index (χ1v) is 11.5. The van der Waals surface area contributed by atoms with E-state index in [1.165, 1.54) is 15.4 Å². The summed E-state index contributed by atoms with van der Waals surface area (Å²) in [5.41, 5.74) is 3.88. The second-order valence-electron chi connectivity index (χ2n) is 7.13. The number of hydrogen-bond acceptors (Lipinski definition) is 3. The van der Waals surface area contributed by atoms with Gasteiger partial charge in [-0.1, -0.05) is 50.2 Å².